The lowest BCUT2D eigenvalue weighted by molar-refractivity contribution is 0.0690. The van der Waals surface area contributed by atoms with Gasteiger partial charge in [-0.25, -0.2) is 14.8 Å². The van der Waals surface area contributed by atoms with Crippen molar-refractivity contribution in [2.24, 2.45) is 0 Å². The zero-order valence-electron chi connectivity index (χ0n) is 9.08. The van der Waals surface area contributed by atoms with Gasteiger partial charge in [0.05, 0.1) is 5.75 Å². The lowest BCUT2D eigenvalue weighted by atomic mass is 10.3. The van der Waals surface area contributed by atoms with E-state index in [1.807, 2.05) is 12.3 Å². The first-order chi connectivity index (χ1) is 8.15. The number of thioether (sulfide) groups is 1. The van der Waals surface area contributed by atoms with Crippen molar-refractivity contribution >= 4 is 29.1 Å². The lowest BCUT2D eigenvalue weighted by Gasteiger charge is -2.00. The predicted molar refractivity (Wildman–Crippen MR) is 67.6 cm³/mol. The molecule has 0 aromatic carbocycles. The van der Waals surface area contributed by atoms with Gasteiger partial charge in [0.1, 0.15) is 10.7 Å². The summed E-state index contributed by atoms with van der Waals surface area (Å²) < 4.78 is 0. The largest absolute Gasteiger partial charge is 0.477 e. The number of carbonyl (C=O) groups is 1. The third-order valence-electron chi connectivity index (χ3n) is 1.98. The quantitative estimate of drug-likeness (QED) is 0.862. The molecule has 0 saturated heterocycles. The molecule has 2 heterocycles. The van der Waals surface area contributed by atoms with Crippen LogP contribution in [-0.4, -0.2) is 21.0 Å². The molecule has 0 spiro atoms. The van der Waals surface area contributed by atoms with Gasteiger partial charge in [0.15, 0.2) is 0 Å². The summed E-state index contributed by atoms with van der Waals surface area (Å²) in [6.45, 7) is 1.96. The molecule has 0 bridgehead atoms. The van der Waals surface area contributed by atoms with Crippen LogP contribution in [0.3, 0.4) is 0 Å². The minimum Gasteiger partial charge on any atom is -0.477 e. The molecule has 1 N–H and O–H groups in total. The summed E-state index contributed by atoms with van der Waals surface area (Å²) in [5.74, 6) is -0.251. The molecule has 2 rings (SSSR count). The van der Waals surface area contributed by atoms with Crippen LogP contribution in [0.1, 0.15) is 21.2 Å². The highest BCUT2D eigenvalue weighted by Crippen LogP contribution is 2.24. The molecule has 0 aliphatic rings. The van der Waals surface area contributed by atoms with Gasteiger partial charge in [0.2, 0.25) is 0 Å². The Bertz CT molecular complexity index is 540. The van der Waals surface area contributed by atoms with E-state index in [1.165, 1.54) is 6.20 Å². The van der Waals surface area contributed by atoms with Crippen molar-refractivity contribution < 1.29 is 9.90 Å². The topological polar surface area (TPSA) is 63.1 Å². The summed E-state index contributed by atoms with van der Waals surface area (Å²) in [5.41, 5.74) is 1.09. The molecular weight excluding hydrogens is 256 g/mol. The van der Waals surface area contributed by atoms with Gasteiger partial charge in [-0.2, -0.15) is 0 Å². The molecule has 4 nitrogen and oxygen atoms in total. The maximum atomic E-state index is 10.7. The molecule has 6 heteroatoms. The number of pyridine rings is 1. The molecular formula is C11H10N2O2S2. The molecule has 0 unspecified atom stereocenters. The maximum absolute atomic E-state index is 10.7. The van der Waals surface area contributed by atoms with E-state index in [-0.39, 0.29) is 5.69 Å². The Kier molecular flexibility index (Phi) is 3.75. The highest BCUT2D eigenvalue weighted by molar-refractivity contribution is 7.98. The van der Waals surface area contributed by atoms with Crippen LogP contribution in [0.2, 0.25) is 0 Å². The van der Waals surface area contributed by atoms with Crippen molar-refractivity contribution in [2.75, 3.05) is 0 Å². The van der Waals surface area contributed by atoms with Crippen LogP contribution in [0.5, 0.6) is 0 Å². The fourth-order valence-electron chi connectivity index (χ4n) is 1.23. The van der Waals surface area contributed by atoms with Crippen LogP contribution in [0.25, 0.3) is 0 Å². The summed E-state index contributed by atoms with van der Waals surface area (Å²) in [6, 6.07) is 3.38. The summed E-state index contributed by atoms with van der Waals surface area (Å²) in [6.07, 6.45) is 1.51. The van der Waals surface area contributed by atoms with E-state index in [4.69, 9.17) is 5.11 Å². The van der Waals surface area contributed by atoms with E-state index in [1.54, 1.807) is 35.2 Å². The van der Waals surface area contributed by atoms with Gasteiger partial charge in [0, 0.05) is 22.2 Å². The molecule has 88 valence electrons. The Balaban J connectivity index is 2.04. The average molecular weight is 266 g/mol. The molecule has 0 atom stereocenters. The van der Waals surface area contributed by atoms with E-state index in [2.05, 4.69) is 9.97 Å². The second kappa shape index (κ2) is 5.29. The highest BCUT2D eigenvalue weighted by atomic mass is 32.2. The van der Waals surface area contributed by atoms with Gasteiger partial charge in [0.25, 0.3) is 0 Å². The number of rotatable bonds is 4. The smallest absolute Gasteiger partial charge is 0.354 e. The summed E-state index contributed by atoms with van der Waals surface area (Å²) in [4.78, 5) is 19.8. The molecule has 17 heavy (non-hydrogen) atoms. The van der Waals surface area contributed by atoms with Crippen LogP contribution in [0.4, 0.5) is 0 Å². The Hall–Kier alpha value is -1.40. The number of thiazole rings is 1. The van der Waals surface area contributed by atoms with Crippen LogP contribution in [0.15, 0.2) is 28.6 Å². The fraction of sp³-hybridized carbons (Fsp3) is 0.182. The number of aromatic nitrogens is 2. The molecule has 0 radical (unpaired) electrons. The number of carboxylic acid groups (broad SMARTS) is 1. The molecule has 2 aromatic heterocycles. The fourth-order valence-corrected chi connectivity index (χ4v) is 2.94. The predicted octanol–water partition coefficient (Wildman–Crippen LogP) is 2.84. The van der Waals surface area contributed by atoms with Crippen molar-refractivity contribution in [2.45, 2.75) is 17.6 Å². The molecule has 0 aliphatic carbocycles. The van der Waals surface area contributed by atoms with Crippen LogP contribution in [-0.2, 0) is 5.75 Å². The summed E-state index contributed by atoms with van der Waals surface area (Å²) in [7, 11) is 0. The van der Waals surface area contributed by atoms with E-state index in [0.29, 0.717) is 0 Å². The number of hydrogen-bond donors (Lipinski definition) is 1. The highest BCUT2D eigenvalue weighted by Gasteiger charge is 2.06. The molecule has 0 saturated carbocycles. The van der Waals surface area contributed by atoms with E-state index in [0.717, 1.165) is 21.3 Å². The van der Waals surface area contributed by atoms with Crippen molar-refractivity contribution in [3.8, 4) is 0 Å². The first-order valence-electron chi connectivity index (χ1n) is 4.88. The first-order valence-corrected chi connectivity index (χ1v) is 6.75. The van der Waals surface area contributed by atoms with Crippen LogP contribution < -0.4 is 0 Å². The minimum absolute atomic E-state index is 0.0744. The van der Waals surface area contributed by atoms with Gasteiger partial charge in [-0.3, -0.25) is 0 Å². The Labute approximate surface area is 107 Å². The Morgan fingerprint density at radius 3 is 3.06 bits per heavy atom. The van der Waals surface area contributed by atoms with Gasteiger partial charge >= 0.3 is 5.97 Å². The monoisotopic (exact) mass is 266 g/mol. The minimum atomic E-state index is -1.00. The molecule has 0 amide bonds. The van der Waals surface area contributed by atoms with Gasteiger partial charge < -0.3 is 5.11 Å². The van der Waals surface area contributed by atoms with E-state index >= 15 is 0 Å². The molecule has 0 aliphatic heterocycles. The normalized spacial score (nSPS) is 10.4. The summed E-state index contributed by atoms with van der Waals surface area (Å²) in [5, 5.41) is 11.9. The third-order valence-corrected chi connectivity index (χ3v) is 4.13. The van der Waals surface area contributed by atoms with Crippen molar-refractivity contribution in [1.82, 2.24) is 9.97 Å². The average Bonchev–Trinajstić information content (AvgIpc) is 2.73. The first kappa shape index (κ1) is 12.1. The van der Waals surface area contributed by atoms with Gasteiger partial charge in [-0.15, -0.1) is 23.1 Å². The van der Waals surface area contributed by atoms with Crippen molar-refractivity contribution in [3.63, 3.8) is 0 Å². The van der Waals surface area contributed by atoms with E-state index < -0.39 is 5.97 Å². The standard InChI is InChI=1S/C11H10N2O2S2/c1-7-5-17-10(13-7)6-16-8-2-3-12-9(4-8)11(14)15/h2-5H,6H2,1H3,(H,14,15). The zero-order valence-corrected chi connectivity index (χ0v) is 10.7. The SMILES string of the molecule is Cc1csc(CSc2ccnc(C(=O)O)c2)n1. The zero-order chi connectivity index (χ0) is 12.3. The molecule has 0 fully saturated rings. The molecule has 2 aromatic rings. The number of nitrogens with zero attached hydrogens (tertiary/aromatic N) is 2. The van der Waals surface area contributed by atoms with Crippen molar-refractivity contribution in [1.29, 1.82) is 0 Å². The van der Waals surface area contributed by atoms with Gasteiger partial charge in [-0.05, 0) is 19.1 Å². The van der Waals surface area contributed by atoms with Crippen LogP contribution in [0, 0.1) is 6.92 Å². The number of carboxylic acids is 1. The second-order valence-electron chi connectivity index (χ2n) is 3.35. The maximum Gasteiger partial charge on any atom is 0.354 e. The Morgan fingerprint density at radius 1 is 1.59 bits per heavy atom. The van der Waals surface area contributed by atoms with Crippen molar-refractivity contribution in [3.05, 3.63) is 40.1 Å². The van der Waals surface area contributed by atoms with E-state index in [9.17, 15) is 4.79 Å². The lowest BCUT2D eigenvalue weighted by Crippen LogP contribution is -1.99. The van der Waals surface area contributed by atoms with Crippen LogP contribution >= 0.6 is 23.1 Å². The Morgan fingerprint density at radius 2 is 2.41 bits per heavy atom. The third kappa shape index (κ3) is 3.28. The number of hydrogen-bond acceptors (Lipinski definition) is 5. The summed E-state index contributed by atoms with van der Waals surface area (Å²) >= 11 is 3.18. The number of aromatic carboxylic acids is 1. The second-order valence-corrected chi connectivity index (χ2v) is 5.34. The number of aryl methyl sites for hydroxylation is 1. The van der Waals surface area contributed by atoms with Gasteiger partial charge in [-0.1, -0.05) is 0 Å².